The minimum absolute atomic E-state index is 0.0692. The maximum Gasteiger partial charge on any atom is 0.161 e. The number of quaternary nitrogens is 1. The number of H-pyrrole nitrogens is 1. The molecule has 0 radical (unpaired) electrons. The van der Waals surface area contributed by atoms with E-state index in [0.29, 0.717) is 18.8 Å². The maximum atomic E-state index is 11.6. The van der Waals surface area contributed by atoms with E-state index in [0.717, 1.165) is 27.7 Å². The number of carbonyl (C=O) groups excluding carboxylic acids is 1. The van der Waals surface area contributed by atoms with Gasteiger partial charge >= 0.3 is 0 Å². The Morgan fingerprint density at radius 1 is 1.35 bits per heavy atom. The number of aromatic hydroxyl groups is 1. The molecule has 6 nitrogen and oxygen atoms in total. The van der Waals surface area contributed by atoms with Crippen molar-refractivity contribution in [2.24, 2.45) is 0 Å². The number of hydrogen-bond donors (Lipinski definition) is 3. The number of aromatic nitrogens is 1. The summed E-state index contributed by atoms with van der Waals surface area (Å²) in [6, 6.07) is 12.1. The predicted molar refractivity (Wildman–Crippen MR) is 93.8 cm³/mol. The second kappa shape index (κ2) is 6.38. The number of para-hydroxylation sites is 1. The van der Waals surface area contributed by atoms with Gasteiger partial charge < -0.3 is 30.0 Å². The number of nitrogens with two attached hydrogens (primary N) is 1. The molecule has 4 N–H and O–H groups in total. The molecule has 1 aromatic heterocycles. The van der Waals surface area contributed by atoms with Crippen molar-refractivity contribution < 1.29 is 25.1 Å². The fraction of sp³-hybridized carbons (Fsp3) is 0.250. The van der Waals surface area contributed by atoms with Gasteiger partial charge in [0.1, 0.15) is 6.04 Å². The average Bonchev–Trinajstić information content (AvgIpc) is 3.01. The summed E-state index contributed by atoms with van der Waals surface area (Å²) in [6.07, 6.45) is 0.411. The molecule has 0 saturated heterocycles. The van der Waals surface area contributed by atoms with E-state index in [9.17, 15) is 15.0 Å². The summed E-state index contributed by atoms with van der Waals surface area (Å²) in [5.41, 5.74) is 3.84. The molecule has 6 heteroatoms. The maximum absolute atomic E-state index is 11.6. The molecule has 3 aromatic rings. The first-order valence-corrected chi connectivity index (χ1v) is 8.69. The molecule has 0 amide bonds. The number of phenolic OH excluding ortho intramolecular Hbond substituents is 1. The van der Waals surface area contributed by atoms with Gasteiger partial charge in [0.05, 0.1) is 18.3 Å². The van der Waals surface area contributed by atoms with Crippen molar-refractivity contribution >= 4 is 16.9 Å². The molecule has 0 saturated carbocycles. The summed E-state index contributed by atoms with van der Waals surface area (Å²) in [7, 11) is 0. The van der Waals surface area contributed by atoms with Crippen LogP contribution in [0, 0.1) is 0 Å². The zero-order valence-corrected chi connectivity index (χ0v) is 14.4. The molecule has 1 aliphatic rings. The highest BCUT2D eigenvalue weighted by molar-refractivity contribution is 5.86. The Hall–Kier alpha value is -2.99. The highest BCUT2D eigenvalue weighted by Crippen LogP contribution is 2.35. The Morgan fingerprint density at radius 2 is 2.15 bits per heavy atom. The number of hydrogen-bond acceptors (Lipinski definition) is 4. The number of rotatable bonds is 4. The van der Waals surface area contributed by atoms with Crippen LogP contribution in [-0.4, -0.2) is 28.7 Å². The van der Waals surface area contributed by atoms with Crippen LogP contribution in [0.15, 0.2) is 42.5 Å². The zero-order valence-electron chi connectivity index (χ0n) is 14.4. The van der Waals surface area contributed by atoms with Gasteiger partial charge in [-0.15, -0.1) is 0 Å². The number of aliphatic carboxylic acids is 1. The molecular weight excluding hydrogens is 332 g/mol. The number of nitrogens with one attached hydrogen (secondary N) is 1. The van der Waals surface area contributed by atoms with E-state index >= 15 is 0 Å². The van der Waals surface area contributed by atoms with Crippen molar-refractivity contribution in [2.45, 2.75) is 25.4 Å². The molecule has 0 fully saturated rings. The van der Waals surface area contributed by atoms with Gasteiger partial charge in [-0.2, -0.15) is 0 Å². The quantitative estimate of drug-likeness (QED) is 0.640. The van der Waals surface area contributed by atoms with Crippen molar-refractivity contribution in [1.29, 1.82) is 0 Å². The third-order valence-corrected chi connectivity index (χ3v) is 4.95. The molecule has 0 spiro atoms. The monoisotopic (exact) mass is 352 g/mol. The second-order valence-corrected chi connectivity index (χ2v) is 6.52. The van der Waals surface area contributed by atoms with E-state index in [1.807, 2.05) is 31.2 Å². The van der Waals surface area contributed by atoms with Crippen molar-refractivity contribution in [1.82, 2.24) is 4.98 Å². The molecule has 1 aliphatic heterocycles. The van der Waals surface area contributed by atoms with E-state index in [1.54, 1.807) is 23.5 Å². The van der Waals surface area contributed by atoms with Gasteiger partial charge in [0.25, 0.3) is 0 Å². The largest absolute Gasteiger partial charge is 0.544 e. The predicted octanol–water partition coefficient (Wildman–Crippen LogP) is 0.600. The molecule has 0 aliphatic carbocycles. The lowest BCUT2D eigenvalue weighted by atomic mass is 9.90. The zero-order chi connectivity index (χ0) is 18.3. The third-order valence-electron chi connectivity index (χ3n) is 4.95. The first-order valence-electron chi connectivity index (χ1n) is 8.69. The van der Waals surface area contributed by atoms with Crippen molar-refractivity contribution in [2.75, 3.05) is 6.61 Å². The first-order chi connectivity index (χ1) is 12.6. The van der Waals surface area contributed by atoms with Gasteiger partial charge in [0.15, 0.2) is 17.5 Å². The van der Waals surface area contributed by atoms with Crippen molar-refractivity contribution in [3.8, 4) is 11.5 Å². The summed E-state index contributed by atoms with van der Waals surface area (Å²) in [6.45, 7) is 2.28. The average molecular weight is 352 g/mol. The Morgan fingerprint density at radius 3 is 2.92 bits per heavy atom. The molecule has 134 valence electrons. The van der Waals surface area contributed by atoms with Crippen LogP contribution < -0.4 is 15.2 Å². The van der Waals surface area contributed by atoms with Gasteiger partial charge in [-0.05, 0) is 36.8 Å². The highest BCUT2D eigenvalue weighted by atomic mass is 16.5. The van der Waals surface area contributed by atoms with Gasteiger partial charge in [0, 0.05) is 22.9 Å². The smallest absolute Gasteiger partial charge is 0.161 e. The normalized spacial score (nSPS) is 19.3. The molecule has 26 heavy (non-hydrogen) atoms. The van der Waals surface area contributed by atoms with Gasteiger partial charge in [-0.1, -0.05) is 18.2 Å². The van der Waals surface area contributed by atoms with Gasteiger partial charge in [0.2, 0.25) is 0 Å². The summed E-state index contributed by atoms with van der Waals surface area (Å²) in [5.74, 6) is -0.610. The number of benzene rings is 2. The lowest BCUT2D eigenvalue weighted by molar-refractivity contribution is -0.717. The summed E-state index contributed by atoms with van der Waals surface area (Å²) >= 11 is 0. The third kappa shape index (κ3) is 2.68. The van der Waals surface area contributed by atoms with Crippen LogP contribution in [-0.2, 0) is 11.2 Å². The Bertz CT molecular complexity index is 979. The van der Waals surface area contributed by atoms with Gasteiger partial charge in [-0.3, -0.25) is 0 Å². The van der Waals surface area contributed by atoms with Crippen LogP contribution in [0.25, 0.3) is 10.9 Å². The molecule has 2 atom stereocenters. The number of ether oxygens (including phenoxy) is 1. The molecule has 0 bridgehead atoms. The summed E-state index contributed by atoms with van der Waals surface area (Å²) < 4.78 is 5.49. The lowest BCUT2D eigenvalue weighted by Gasteiger charge is -2.29. The number of phenols is 1. The number of aromatic amines is 1. The first kappa shape index (κ1) is 16.5. The minimum Gasteiger partial charge on any atom is -0.544 e. The molecule has 2 heterocycles. The van der Waals surface area contributed by atoms with E-state index in [2.05, 4.69) is 4.98 Å². The Balaban J connectivity index is 1.86. The molecule has 2 aromatic carbocycles. The number of carboxylic acids is 1. The minimum atomic E-state index is -1.07. The van der Waals surface area contributed by atoms with E-state index in [-0.39, 0.29) is 11.8 Å². The van der Waals surface area contributed by atoms with Gasteiger partial charge in [-0.25, -0.2) is 0 Å². The number of carboxylic acid groups (broad SMARTS) is 1. The van der Waals surface area contributed by atoms with Crippen molar-refractivity contribution in [3.63, 3.8) is 0 Å². The van der Waals surface area contributed by atoms with Crippen LogP contribution in [0.5, 0.6) is 11.5 Å². The standard InChI is InChI=1S/C20H20N2O4/c1-2-26-17-9-11(7-8-16(17)23)18-19-13(10-15(22-18)20(24)25)12-5-3-4-6-14(12)21-19/h3-9,15,18,21-23H,2,10H2,1H3,(H,24,25)/t15-,18-/m0/s1. The van der Waals surface area contributed by atoms with Crippen LogP contribution >= 0.6 is 0 Å². The van der Waals surface area contributed by atoms with Crippen LogP contribution in [0.2, 0.25) is 0 Å². The Kier molecular flexibility index (Phi) is 4.05. The molecule has 0 unspecified atom stereocenters. The topological polar surface area (TPSA) is 102 Å². The SMILES string of the molecule is CCOc1cc([C@@H]2[NH2+][C@H](C(=O)[O-])Cc3c2[nH]c2ccccc32)ccc1O. The lowest BCUT2D eigenvalue weighted by Crippen LogP contribution is -2.95. The second-order valence-electron chi connectivity index (χ2n) is 6.52. The summed E-state index contributed by atoms with van der Waals surface area (Å²) in [5, 5.41) is 24.4. The Labute approximate surface area is 150 Å². The highest BCUT2D eigenvalue weighted by Gasteiger charge is 2.35. The van der Waals surface area contributed by atoms with Crippen LogP contribution in [0.1, 0.15) is 29.8 Å². The fourth-order valence-corrected chi connectivity index (χ4v) is 3.76. The van der Waals surface area contributed by atoms with E-state index in [1.165, 1.54) is 0 Å². The molecular formula is C20H20N2O4. The summed E-state index contributed by atoms with van der Waals surface area (Å²) in [4.78, 5) is 15.0. The van der Waals surface area contributed by atoms with E-state index < -0.39 is 12.0 Å². The van der Waals surface area contributed by atoms with Crippen LogP contribution in [0.4, 0.5) is 0 Å². The van der Waals surface area contributed by atoms with Crippen LogP contribution in [0.3, 0.4) is 0 Å². The fourth-order valence-electron chi connectivity index (χ4n) is 3.76. The number of fused-ring (bicyclic) bond motifs is 3. The number of carbonyl (C=O) groups is 1. The van der Waals surface area contributed by atoms with E-state index in [4.69, 9.17) is 4.74 Å². The van der Waals surface area contributed by atoms with Crippen molar-refractivity contribution in [3.05, 3.63) is 59.3 Å². The molecule has 4 rings (SSSR count).